The van der Waals surface area contributed by atoms with E-state index >= 15 is 0 Å². The molecule has 0 spiro atoms. The predicted octanol–water partition coefficient (Wildman–Crippen LogP) is 2.74. The molecule has 0 aromatic carbocycles. The summed E-state index contributed by atoms with van der Waals surface area (Å²) >= 11 is 0. The van der Waals surface area contributed by atoms with Gasteiger partial charge in [-0.2, -0.15) is 0 Å². The molecule has 1 saturated heterocycles. The zero-order chi connectivity index (χ0) is 16.0. The van der Waals surface area contributed by atoms with Crippen molar-refractivity contribution in [3.8, 4) is 0 Å². The molecule has 3 amide bonds. The van der Waals surface area contributed by atoms with Crippen LogP contribution in [0.25, 0.3) is 0 Å². The van der Waals surface area contributed by atoms with Gasteiger partial charge in [0.2, 0.25) is 0 Å². The first kappa shape index (κ1) is 15.8. The molecule has 3 fully saturated rings. The van der Waals surface area contributed by atoms with Crippen molar-refractivity contribution >= 4 is 11.9 Å². The first-order valence-corrected chi connectivity index (χ1v) is 8.89. The third-order valence-electron chi connectivity index (χ3n) is 6.37. The van der Waals surface area contributed by atoms with E-state index in [1.54, 1.807) is 0 Å². The smallest absolute Gasteiger partial charge is 0.323 e. The first-order chi connectivity index (χ1) is 10.4. The van der Waals surface area contributed by atoms with E-state index in [1.807, 2.05) is 13.8 Å². The Morgan fingerprint density at radius 1 is 1.14 bits per heavy atom. The number of hydrogen-bond donors (Lipinski definition) is 2. The van der Waals surface area contributed by atoms with Crippen molar-refractivity contribution in [2.75, 3.05) is 0 Å². The Bertz CT molecular complexity index is 451. The summed E-state index contributed by atoms with van der Waals surface area (Å²) in [6.07, 6.45) is 9.37. The van der Waals surface area contributed by atoms with Crippen molar-refractivity contribution < 1.29 is 9.59 Å². The minimum absolute atomic E-state index is 0.124. The number of carbonyl (C=O) groups is 2. The van der Waals surface area contributed by atoms with Crippen molar-refractivity contribution in [3.63, 3.8) is 0 Å². The number of hydrogen-bond acceptors (Lipinski definition) is 3. The lowest BCUT2D eigenvalue weighted by atomic mass is 9.78. The van der Waals surface area contributed by atoms with Crippen molar-refractivity contribution in [2.24, 2.45) is 17.6 Å². The fourth-order valence-corrected chi connectivity index (χ4v) is 4.75. The fourth-order valence-electron chi connectivity index (χ4n) is 4.75. The Morgan fingerprint density at radius 3 is 1.95 bits per heavy atom. The summed E-state index contributed by atoms with van der Waals surface area (Å²) < 4.78 is 0. The van der Waals surface area contributed by atoms with Crippen LogP contribution in [0.4, 0.5) is 4.79 Å². The highest BCUT2D eigenvalue weighted by Gasteiger charge is 2.59. The highest BCUT2D eigenvalue weighted by Crippen LogP contribution is 2.46. The molecule has 1 aliphatic heterocycles. The number of urea groups is 1. The Morgan fingerprint density at radius 2 is 1.59 bits per heavy atom. The predicted molar refractivity (Wildman–Crippen MR) is 84.9 cm³/mol. The van der Waals surface area contributed by atoms with Crippen LogP contribution in [-0.2, 0) is 4.79 Å². The van der Waals surface area contributed by atoms with Crippen LogP contribution in [0.2, 0.25) is 0 Å². The maximum Gasteiger partial charge on any atom is 0.326 e. The molecule has 5 heteroatoms. The third-order valence-corrected chi connectivity index (χ3v) is 6.37. The quantitative estimate of drug-likeness (QED) is 0.784. The molecule has 5 nitrogen and oxygen atoms in total. The average molecular weight is 307 g/mol. The molecular formula is C17H29N3O2. The van der Waals surface area contributed by atoms with Gasteiger partial charge < -0.3 is 11.1 Å². The Kier molecular flexibility index (Phi) is 3.96. The molecular weight excluding hydrogens is 278 g/mol. The minimum atomic E-state index is -0.793. The van der Waals surface area contributed by atoms with Gasteiger partial charge in [-0.25, -0.2) is 9.69 Å². The fraction of sp³-hybridized carbons (Fsp3) is 0.882. The van der Waals surface area contributed by atoms with E-state index in [9.17, 15) is 9.59 Å². The highest BCUT2D eigenvalue weighted by molar-refractivity contribution is 6.07. The van der Waals surface area contributed by atoms with E-state index in [0.717, 1.165) is 51.4 Å². The molecule has 0 bridgehead atoms. The molecule has 2 saturated carbocycles. The van der Waals surface area contributed by atoms with Crippen LogP contribution in [0.3, 0.4) is 0 Å². The van der Waals surface area contributed by atoms with Crippen molar-refractivity contribution in [2.45, 2.75) is 82.8 Å². The summed E-state index contributed by atoms with van der Waals surface area (Å²) in [5.74, 6) is 0.385. The molecule has 0 aromatic rings. The van der Waals surface area contributed by atoms with Gasteiger partial charge in [-0.15, -0.1) is 0 Å². The Labute approximate surface area is 133 Å². The summed E-state index contributed by atoms with van der Waals surface area (Å²) in [6, 6.07) is -0.282. The molecule has 0 aromatic heterocycles. The SMILES string of the molecule is CCC1(C)NC(=O)N(C(N)(C2CCCC2)C2CCCC2)C1=O. The summed E-state index contributed by atoms with van der Waals surface area (Å²) in [7, 11) is 0. The minimum Gasteiger partial charge on any atom is -0.323 e. The van der Waals surface area contributed by atoms with Crippen molar-refractivity contribution in [3.05, 3.63) is 0 Å². The lowest BCUT2D eigenvalue weighted by Crippen LogP contribution is -2.66. The van der Waals surface area contributed by atoms with E-state index in [-0.39, 0.29) is 23.8 Å². The van der Waals surface area contributed by atoms with E-state index in [1.165, 1.54) is 4.90 Å². The standard InChI is InChI=1S/C17H29N3O2/c1-3-16(2)14(21)20(15(22)19-16)17(18,12-8-4-5-9-12)13-10-6-7-11-13/h12-13H,3-11,18H2,1-2H3,(H,19,22). The second-order valence-corrected chi connectivity index (χ2v) is 7.61. The summed E-state index contributed by atoms with van der Waals surface area (Å²) in [5.41, 5.74) is 5.33. The van der Waals surface area contributed by atoms with Gasteiger partial charge in [0.1, 0.15) is 11.2 Å². The number of nitrogens with one attached hydrogen (secondary N) is 1. The number of nitrogens with zero attached hydrogens (tertiary/aromatic N) is 1. The molecule has 1 atom stereocenters. The van der Waals surface area contributed by atoms with Crippen LogP contribution in [0.1, 0.15) is 71.6 Å². The molecule has 3 rings (SSSR count). The van der Waals surface area contributed by atoms with Crippen LogP contribution < -0.4 is 11.1 Å². The first-order valence-electron chi connectivity index (χ1n) is 8.89. The topological polar surface area (TPSA) is 75.4 Å². The summed E-state index contributed by atoms with van der Waals surface area (Å²) in [6.45, 7) is 3.75. The van der Waals surface area contributed by atoms with Crippen LogP contribution >= 0.6 is 0 Å². The van der Waals surface area contributed by atoms with E-state index in [4.69, 9.17) is 5.73 Å². The average Bonchev–Trinajstić information content (AvgIpc) is 3.21. The lowest BCUT2D eigenvalue weighted by Gasteiger charge is -2.46. The van der Waals surface area contributed by atoms with Crippen LogP contribution in [-0.4, -0.2) is 28.0 Å². The molecule has 3 aliphatic rings. The largest absolute Gasteiger partial charge is 0.326 e. The second-order valence-electron chi connectivity index (χ2n) is 7.61. The monoisotopic (exact) mass is 307 g/mol. The molecule has 1 heterocycles. The highest BCUT2D eigenvalue weighted by atomic mass is 16.2. The van der Waals surface area contributed by atoms with E-state index in [2.05, 4.69) is 5.32 Å². The zero-order valence-electron chi connectivity index (χ0n) is 13.9. The number of imide groups is 1. The van der Waals surface area contributed by atoms with Gasteiger partial charge in [0.15, 0.2) is 0 Å². The van der Waals surface area contributed by atoms with Gasteiger partial charge in [-0.05, 0) is 50.9 Å². The molecule has 3 N–H and O–H groups in total. The number of rotatable bonds is 4. The lowest BCUT2D eigenvalue weighted by molar-refractivity contribution is -0.139. The third kappa shape index (κ3) is 2.16. The normalized spacial score (nSPS) is 31.3. The number of nitrogens with two attached hydrogens (primary N) is 1. The van der Waals surface area contributed by atoms with Crippen LogP contribution in [0, 0.1) is 11.8 Å². The second kappa shape index (κ2) is 5.52. The molecule has 1 unspecified atom stereocenters. The maximum atomic E-state index is 13.0. The zero-order valence-corrected chi connectivity index (χ0v) is 13.9. The summed E-state index contributed by atoms with van der Waals surface area (Å²) in [4.78, 5) is 27.1. The number of amides is 3. The van der Waals surface area contributed by atoms with Gasteiger partial charge in [0.25, 0.3) is 5.91 Å². The summed E-state index contributed by atoms with van der Waals surface area (Å²) in [5, 5.41) is 2.89. The van der Waals surface area contributed by atoms with Gasteiger partial charge >= 0.3 is 6.03 Å². The van der Waals surface area contributed by atoms with Crippen LogP contribution in [0.5, 0.6) is 0 Å². The van der Waals surface area contributed by atoms with Gasteiger partial charge in [0, 0.05) is 0 Å². The molecule has 124 valence electrons. The van der Waals surface area contributed by atoms with Crippen LogP contribution in [0.15, 0.2) is 0 Å². The van der Waals surface area contributed by atoms with Gasteiger partial charge in [0.05, 0.1) is 0 Å². The Hall–Kier alpha value is -1.10. The van der Waals surface area contributed by atoms with Gasteiger partial charge in [-0.1, -0.05) is 32.6 Å². The van der Waals surface area contributed by atoms with E-state index < -0.39 is 11.2 Å². The van der Waals surface area contributed by atoms with Crippen molar-refractivity contribution in [1.82, 2.24) is 10.2 Å². The van der Waals surface area contributed by atoms with Gasteiger partial charge in [-0.3, -0.25) is 4.79 Å². The van der Waals surface area contributed by atoms with Crippen molar-refractivity contribution in [1.29, 1.82) is 0 Å². The molecule has 0 radical (unpaired) electrons. The Balaban J connectivity index is 1.98. The van der Waals surface area contributed by atoms with E-state index in [0.29, 0.717) is 6.42 Å². The molecule has 22 heavy (non-hydrogen) atoms. The number of carbonyl (C=O) groups excluding carboxylic acids is 2. The maximum absolute atomic E-state index is 13.0. The molecule has 2 aliphatic carbocycles.